The van der Waals surface area contributed by atoms with E-state index < -0.39 is 5.95 Å². The number of hydrogen-bond donors (Lipinski definition) is 2. The number of nitrogens with two attached hydrogens (primary N) is 1. The number of rotatable bonds is 3. The summed E-state index contributed by atoms with van der Waals surface area (Å²) in [5, 5.41) is 3.40. The summed E-state index contributed by atoms with van der Waals surface area (Å²) >= 11 is 0. The summed E-state index contributed by atoms with van der Waals surface area (Å²) in [6, 6.07) is 7.17. The van der Waals surface area contributed by atoms with Crippen LogP contribution in [0.3, 0.4) is 0 Å². The van der Waals surface area contributed by atoms with Gasteiger partial charge in [-0.2, -0.15) is 4.39 Å². The van der Waals surface area contributed by atoms with Crippen molar-refractivity contribution in [3.8, 4) is 11.4 Å². The molecule has 1 aliphatic carbocycles. The molecule has 3 rings (SSSR count). The van der Waals surface area contributed by atoms with Crippen molar-refractivity contribution in [2.45, 2.75) is 37.8 Å². The summed E-state index contributed by atoms with van der Waals surface area (Å²) in [5.74, 6) is 0.230. The quantitative estimate of drug-likeness (QED) is 0.847. The van der Waals surface area contributed by atoms with Gasteiger partial charge in [-0.1, -0.05) is 6.07 Å². The van der Waals surface area contributed by atoms with Crippen LogP contribution in [0.15, 0.2) is 30.6 Å². The van der Waals surface area contributed by atoms with E-state index in [4.69, 9.17) is 5.73 Å². The first-order valence-corrected chi connectivity index (χ1v) is 7.18. The number of nitrogens with one attached hydrogen (secondary N) is 1. The highest BCUT2D eigenvalue weighted by atomic mass is 19.1. The molecule has 5 nitrogen and oxygen atoms in total. The lowest BCUT2D eigenvalue weighted by Crippen LogP contribution is -2.33. The first-order chi connectivity index (χ1) is 10.2. The lowest BCUT2D eigenvalue weighted by Gasteiger charge is -2.27. The summed E-state index contributed by atoms with van der Waals surface area (Å²) < 4.78 is 13.2. The Hall–Kier alpha value is -2.08. The van der Waals surface area contributed by atoms with Crippen LogP contribution in [-0.2, 0) is 0 Å². The minimum Gasteiger partial charge on any atom is -0.367 e. The predicted octanol–water partition coefficient (Wildman–Crippen LogP) is 2.36. The molecule has 1 fully saturated rings. The molecule has 2 heterocycles. The van der Waals surface area contributed by atoms with Crippen molar-refractivity contribution in [3.63, 3.8) is 0 Å². The van der Waals surface area contributed by atoms with Crippen LogP contribution in [0, 0.1) is 5.95 Å². The number of aromatic nitrogens is 3. The maximum absolute atomic E-state index is 13.2. The van der Waals surface area contributed by atoms with E-state index in [2.05, 4.69) is 20.3 Å². The second-order valence-electron chi connectivity index (χ2n) is 5.39. The molecule has 6 heteroatoms. The molecule has 110 valence electrons. The van der Waals surface area contributed by atoms with Crippen LogP contribution in [-0.4, -0.2) is 27.0 Å². The largest absolute Gasteiger partial charge is 0.367 e. The zero-order valence-corrected chi connectivity index (χ0v) is 11.7. The molecule has 2 aromatic heterocycles. The first kappa shape index (κ1) is 13.9. The van der Waals surface area contributed by atoms with Crippen molar-refractivity contribution in [3.05, 3.63) is 36.5 Å². The van der Waals surface area contributed by atoms with Gasteiger partial charge in [0.1, 0.15) is 12.1 Å². The molecule has 21 heavy (non-hydrogen) atoms. The third-order valence-corrected chi connectivity index (χ3v) is 3.77. The fraction of sp³-hybridized carbons (Fsp3) is 0.400. The zero-order chi connectivity index (χ0) is 14.7. The van der Waals surface area contributed by atoms with Gasteiger partial charge in [0.25, 0.3) is 0 Å². The molecule has 0 atom stereocenters. The molecule has 0 bridgehead atoms. The van der Waals surface area contributed by atoms with E-state index in [0.29, 0.717) is 23.5 Å². The molecule has 0 unspecified atom stereocenters. The van der Waals surface area contributed by atoms with Crippen molar-refractivity contribution >= 4 is 5.82 Å². The maximum Gasteiger partial charge on any atom is 0.213 e. The molecule has 1 aliphatic rings. The van der Waals surface area contributed by atoms with Crippen LogP contribution in [0.25, 0.3) is 11.4 Å². The van der Waals surface area contributed by atoms with Crippen LogP contribution < -0.4 is 11.1 Å². The first-order valence-electron chi connectivity index (χ1n) is 7.18. The molecule has 2 aromatic rings. The zero-order valence-electron chi connectivity index (χ0n) is 11.7. The van der Waals surface area contributed by atoms with Crippen molar-refractivity contribution in [1.29, 1.82) is 0 Å². The molecule has 0 aliphatic heterocycles. The Labute approximate surface area is 122 Å². The summed E-state index contributed by atoms with van der Waals surface area (Å²) in [6.45, 7) is 0. The Morgan fingerprint density at radius 2 is 1.90 bits per heavy atom. The monoisotopic (exact) mass is 287 g/mol. The Kier molecular flexibility index (Phi) is 4.06. The van der Waals surface area contributed by atoms with Gasteiger partial charge < -0.3 is 11.1 Å². The SMILES string of the molecule is NC1CCC(Nc2cc(-c3cccc(F)n3)ncn2)CC1. The van der Waals surface area contributed by atoms with Crippen molar-refractivity contribution in [1.82, 2.24) is 15.0 Å². The van der Waals surface area contributed by atoms with E-state index in [1.807, 2.05) is 0 Å². The van der Waals surface area contributed by atoms with E-state index in [0.717, 1.165) is 31.5 Å². The summed E-state index contributed by atoms with van der Waals surface area (Å²) in [5.41, 5.74) is 7.02. The van der Waals surface area contributed by atoms with Crippen molar-refractivity contribution < 1.29 is 4.39 Å². The summed E-state index contributed by atoms with van der Waals surface area (Å²) in [6.07, 6.45) is 5.61. The molecule has 0 aromatic carbocycles. The van der Waals surface area contributed by atoms with Gasteiger partial charge in [0.2, 0.25) is 5.95 Å². The van der Waals surface area contributed by atoms with Crippen LogP contribution in [0.4, 0.5) is 10.2 Å². The Morgan fingerprint density at radius 3 is 2.67 bits per heavy atom. The highest BCUT2D eigenvalue weighted by molar-refractivity contribution is 5.57. The van der Waals surface area contributed by atoms with Gasteiger partial charge in [-0.25, -0.2) is 15.0 Å². The molecule has 0 radical (unpaired) electrons. The molecule has 0 amide bonds. The number of halogens is 1. The van der Waals surface area contributed by atoms with E-state index in [1.165, 1.54) is 12.4 Å². The number of hydrogen-bond acceptors (Lipinski definition) is 5. The molecule has 3 N–H and O–H groups in total. The normalized spacial score (nSPS) is 22.0. The van der Waals surface area contributed by atoms with Crippen LogP contribution in [0.2, 0.25) is 0 Å². The average molecular weight is 287 g/mol. The van der Waals surface area contributed by atoms with Crippen LogP contribution >= 0.6 is 0 Å². The van der Waals surface area contributed by atoms with E-state index in [1.54, 1.807) is 18.2 Å². The Bertz CT molecular complexity index is 611. The Morgan fingerprint density at radius 1 is 1.10 bits per heavy atom. The Balaban J connectivity index is 1.74. The van der Waals surface area contributed by atoms with E-state index >= 15 is 0 Å². The third kappa shape index (κ3) is 3.52. The minimum absolute atomic E-state index is 0.320. The highest BCUT2D eigenvalue weighted by Gasteiger charge is 2.18. The number of pyridine rings is 1. The van der Waals surface area contributed by atoms with Gasteiger partial charge >= 0.3 is 0 Å². The van der Waals surface area contributed by atoms with Crippen molar-refractivity contribution in [2.24, 2.45) is 5.73 Å². The van der Waals surface area contributed by atoms with Gasteiger partial charge in [-0.3, -0.25) is 0 Å². The van der Waals surface area contributed by atoms with Gasteiger partial charge in [0, 0.05) is 18.2 Å². The van der Waals surface area contributed by atoms with Gasteiger partial charge in [-0.15, -0.1) is 0 Å². The molecule has 0 spiro atoms. The van der Waals surface area contributed by atoms with E-state index in [-0.39, 0.29) is 0 Å². The highest BCUT2D eigenvalue weighted by Crippen LogP contribution is 2.22. The fourth-order valence-corrected chi connectivity index (χ4v) is 2.60. The molecule has 0 saturated heterocycles. The number of anilines is 1. The number of nitrogens with zero attached hydrogens (tertiary/aromatic N) is 3. The topological polar surface area (TPSA) is 76.7 Å². The average Bonchev–Trinajstić information content (AvgIpc) is 2.50. The van der Waals surface area contributed by atoms with Crippen LogP contribution in [0.1, 0.15) is 25.7 Å². The second-order valence-corrected chi connectivity index (χ2v) is 5.39. The van der Waals surface area contributed by atoms with Gasteiger partial charge in [-0.05, 0) is 37.8 Å². The van der Waals surface area contributed by atoms with Gasteiger partial charge in [0.05, 0.1) is 11.4 Å². The lowest BCUT2D eigenvalue weighted by molar-refractivity contribution is 0.410. The minimum atomic E-state index is -0.512. The van der Waals surface area contributed by atoms with Crippen LogP contribution in [0.5, 0.6) is 0 Å². The fourth-order valence-electron chi connectivity index (χ4n) is 2.60. The van der Waals surface area contributed by atoms with E-state index in [9.17, 15) is 4.39 Å². The summed E-state index contributed by atoms with van der Waals surface area (Å²) in [4.78, 5) is 12.2. The predicted molar refractivity (Wildman–Crippen MR) is 79.1 cm³/mol. The standard InChI is InChI=1S/C15H18FN5/c16-14-3-1-2-12(21-14)13-8-15(19-9-18-13)20-11-6-4-10(17)5-7-11/h1-3,8-11H,4-7,17H2,(H,18,19,20). The van der Waals surface area contributed by atoms with Gasteiger partial charge in [0.15, 0.2) is 0 Å². The lowest BCUT2D eigenvalue weighted by atomic mass is 9.92. The smallest absolute Gasteiger partial charge is 0.213 e. The third-order valence-electron chi connectivity index (χ3n) is 3.77. The maximum atomic E-state index is 13.2. The molecule has 1 saturated carbocycles. The molecular weight excluding hydrogens is 269 g/mol. The second kappa shape index (κ2) is 6.13. The van der Waals surface area contributed by atoms with Crippen molar-refractivity contribution in [2.75, 3.05) is 5.32 Å². The summed E-state index contributed by atoms with van der Waals surface area (Å²) in [7, 11) is 0. The molecular formula is C15H18FN5.